The highest BCUT2D eigenvalue weighted by molar-refractivity contribution is 6.36. The zero-order valence-corrected chi connectivity index (χ0v) is 13.4. The van der Waals surface area contributed by atoms with E-state index in [1.165, 1.54) is 19.4 Å². The maximum atomic E-state index is 6.18. The lowest BCUT2D eigenvalue weighted by atomic mass is 10.2. The maximum absolute atomic E-state index is 6.18. The van der Waals surface area contributed by atoms with Crippen LogP contribution in [0.1, 0.15) is 12.8 Å². The Hall–Kier alpha value is -1.04. The average Bonchev–Trinajstić information content (AvgIpc) is 3.04. The van der Waals surface area contributed by atoms with E-state index in [0.717, 1.165) is 36.6 Å². The van der Waals surface area contributed by atoms with Crippen LogP contribution in [0, 0.1) is 0 Å². The van der Waals surface area contributed by atoms with Crippen LogP contribution in [0.5, 0.6) is 0 Å². The molecule has 2 saturated heterocycles. The van der Waals surface area contributed by atoms with Gasteiger partial charge in [-0.1, -0.05) is 23.2 Å². The summed E-state index contributed by atoms with van der Waals surface area (Å²) in [5, 5.41) is 0.779. The molecular formula is C14H17Cl2N5. The van der Waals surface area contributed by atoms with Crippen molar-refractivity contribution in [3.05, 3.63) is 16.4 Å². The topological polar surface area (TPSA) is 37.2 Å². The lowest BCUT2D eigenvalue weighted by Crippen LogP contribution is -2.50. The predicted molar refractivity (Wildman–Crippen MR) is 85.3 cm³/mol. The Morgan fingerprint density at radius 2 is 2.05 bits per heavy atom. The van der Waals surface area contributed by atoms with E-state index in [4.69, 9.17) is 28.2 Å². The van der Waals surface area contributed by atoms with Gasteiger partial charge in [0, 0.05) is 38.8 Å². The molecule has 0 bridgehead atoms. The molecule has 0 amide bonds. The highest BCUT2D eigenvalue weighted by Gasteiger charge is 2.32. The number of anilines is 1. The summed E-state index contributed by atoms with van der Waals surface area (Å²) >= 11 is 12.2. The van der Waals surface area contributed by atoms with Crippen molar-refractivity contribution in [1.29, 1.82) is 0 Å². The van der Waals surface area contributed by atoms with Gasteiger partial charge in [-0.2, -0.15) is 0 Å². The lowest BCUT2D eigenvalue weighted by Gasteiger charge is -2.37. The largest absolute Gasteiger partial charge is 0.339 e. The van der Waals surface area contributed by atoms with Crippen LogP contribution in [0.2, 0.25) is 10.3 Å². The van der Waals surface area contributed by atoms with Crippen molar-refractivity contribution < 1.29 is 0 Å². The summed E-state index contributed by atoms with van der Waals surface area (Å²) in [6.07, 6.45) is 2.60. The normalized spacial score (nSPS) is 23.0. The summed E-state index contributed by atoms with van der Waals surface area (Å²) in [6, 6.07) is 2.49. The molecule has 7 heteroatoms. The second-order valence-corrected chi connectivity index (χ2v) is 6.60. The van der Waals surface area contributed by atoms with E-state index in [-0.39, 0.29) is 0 Å². The zero-order chi connectivity index (χ0) is 14.6. The van der Waals surface area contributed by atoms with E-state index >= 15 is 0 Å². The van der Waals surface area contributed by atoms with Crippen LogP contribution in [-0.4, -0.2) is 51.7 Å². The molecule has 2 aromatic rings. The van der Waals surface area contributed by atoms with Gasteiger partial charge in [0.15, 0.2) is 5.15 Å². The number of aromatic nitrogens is 3. The molecule has 0 aromatic carbocycles. The third kappa shape index (κ3) is 2.18. The lowest BCUT2D eigenvalue weighted by molar-refractivity contribution is 0.229. The van der Waals surface area contributed by atoms with E-state index in [2.05, 4.69) is 19.4 Å². The molecule has 4 rings (SSSR count). The summed E-state index contributed by atoms with van der Waals surface area (Å²) in [5.74, 6) is 0.961. The number of imidazole rings is 1. The Kier molecular flexibility index (Phi) is 3.24. The molecule has 4 heterocycles. The fraction of sp³-hybridized carbons (Fsp3) is 0.571. The van der Waals surface area contributed by atoms with Crippen molar-refractivity contribution in [1.82, 2.24) is 19.4 Å². The molecule has 2 aromatic heterocycles. The van der Waals surface area contributed by atoms with Crippen LogP contribution >= 0.6 is 23.2 Å². The number of fused-ring (bicyclic) bond motifs is 2. The van der Waals surface area contributed by atoms with Gasteiger partial charge in [-0.05, 0) is 19.4 Å². The highest BCUT2D eigenvalue weighted by atomic mass is 35.5. The van der Waals surface area contributed by atoms with Crippen LogP contribution in [0.4, 0.5) is 5.95 Å². The number of aryl methyl sites for hydroxylation is 1. The molecule has 112 valence electrons. The van der Waals surface area contributed by atoms with E-state index in [0.29, 0.717) is 16.3 Å². The van der Waals surface area contributed by atoms with Gasteiger partial charge in [-0.25, -0.2) is 9.97 Å². The number of hydrogen-bond donors (Lipinski definition) is 0. The van der Waals surface area contributed by atoms with Crippen LogP contribution in [0.25, 0.3) is 11.0 Å². The maximum Gasteiger partial charge on any atom is 0.206 e. The highest BCUT2D eigenvalue weighted by Crippen LogP contribution is 2.30. The Labute approximate surface area is 133 Å². The molecule has 0 saturated carbocycles. The van der Waals surface area contributed by atoms with Crippen molar-refractivity contribution in [2.45, 2.75) is 18.9 Å². The smallest absolute Gasteiger partial charge is 0.206 e. The first-order valence-electron chi connectivity index (χ1n) is 7.31. The second-order valence-electron chi connectivity index (χ2n) is 5.85. The fourth-order valence-corrected chi connectivity index (χ4v) is 4.02. The molecule has 5 nitrogen and oxygen atoms in total. The van der Waals surface area contributed by atoms with Gasteiger partial charge in [0.1, 0.15) is 10.7 Å². The third-order valence-electron chi connectivity index (χ3n) is 4.64. The fourth-order valence-electron chi connectivity index (χ4n) is 3.56. The number of halogens is 2. The molecule has 0 unspecified atom stereocenters. The quantitative estimate of drug-likeness (QED) is 0.755. The Morgan fingerprint density at radius 1 is 1.19 bits per heavy atom. The molecule has 2 aliphatic rings. The molecule has 21 heavy (non-hydrogen) atoms. The van der Waals surface area contributed by atoms with Crippen LogP contribution < -0.4 is 4.90 Å². The van der Waals surface area contributed by atoms with Gasteiger partial charge in [-0.3, -0.25) is 4.90 Å². The molecule has 0 aliphatic carbocycles. The third-order valence-corrected chi connectivity index (χ3v) is 5.10. The van der Waals surface area contributed by atoms with Crippen molar-refractivity contribution >= 4 is 40.2 Å². The molecule has 2 aliphatic heterocycles. The first kappa shape index (κ1) is 13.6. The van der Waals surface area contributed by atoms with Crippen LogP contribution in [-0.2, 0) is 7.05 Å². The Balaban J connectivity index is 1.73. The molecule has 2 fully saturated rings. The minimum atomic E-state index is 0.374. The molecule has 0 radical (unpaired) electrons. The van der Waals surface area contributed by atoms with Crippen molar-refractivity contribution in [2.75, 3.05) is 31.1 Å². The van der Waals surface area contributed by atoms with E-state index < -0.39 is 0 Å². The van der Waals surface area contributed by atoms with Crippen LogP contribution in [0.3, 0.4) is 0 Å². The van der Waals surface area contributed by atoms with E-state index in [1.807, 2.05) is 13.1 Å². The van der Waals surface area contributed by atoms with E-state index in [9.17, 15) is 0 Å². The summed E-state index contributed by atoms with van der Waals surface area (Å²) in [4.78, 5) is 13.7. The first-order valence-corrected chi connectivity index (χ1v) is 8.06. The van der Waals surface area contributed by atoms with Crippen LogP contribution in [0.15, 0.2) is 6.07 Å². The monoisotopic (exact) mass is 325 g/mol. The SMILES string of the molecule is Cn1c(N2CCN3CCC[C@H]3C2)nc2c(Cl)nc(Cl)cc21. The second kappa shape index (κ2) is 5.00. The minimum Gasteiger partial charge on any atom is -0.339 e. The van der Waals surface area contributed by atoms with E-state index in [1.54, 1.807) is 0 Å². The van der Waals surface area contributed by atoms with Crippen molar-refractivity contribution in [3.8, 4) is 0 Å². The summed E-state index contributed by atoms with van der Waals surface area (Å²) in [7, 11) is 2.01. The van der Waals surface area contributed by atoms with Gasteiger partial charge < -0.3 is 9.47 Å². The molecule has 0 spiro atoms. The summed E-state index contributed by atoms with van der Waals surface area (Å²) in [6.45, 7) is 4.40. The van der Waals surface area contributed by atoms with Gasteiger partial charge in [0.2, 0.25) is 5.95 Å². The predicted octanol–water partition coefficient (Wildman–Crippen LogP) is 2.56. The first-order chi connectivity index (χ1) is 10.1. The minimum absolute atomic E-state index is 0.374. The number of pyridine rings is 1. The number of nitrogens with zero attached hydrogens (tertiary/aromatic N) is 5. The number of rotatable bonds is 1. The Morgan fingerprint density at radius 3 is 2.90 bits per heavy atom. The Bertz CT molecular complexity index is 698. The average molecular weight is 326 g/mol. The number of piperazine rings is 1. The van der Waals surface area contributed by atoms with Gasteiger partial charge >= 0.3 is 0 Å². The van der Waals surface area contributed by atoms with Gasteiger partial charge in [-0.15, -0.1) is 0 Å². The van der Waals surface area contributed by atoms with Crippen molar-refractivity contribution in [2.24, 2.45) is 7.05 Å². The number of hydrogen-bond acceptors (Lipinski definition) is 4. The summed E-state index contributed by atoms with van der Waals surface area (Å²) in [5.41, 5.74) is 1.66. The van der Waals surface area contributed by atoms with Gasteiger partial charge in [0.05, 0.1) is 5.52 Å². The summed E-state index contributed by atoms with van der Waals surface area (Å²) < 4.78 is 2.07. The molecule has 0 N–H and O–H groups in total. The van der Waals surface area contributed by atoms with Gasteiger partial charge in [0.25, 0.3) is 0 Å². The molecular weight excluding hydrogens is 309 g/mol. The molecule has 1 atom stereocenters. The van der Waals surface area contributed by atoms with Crippen molar-refractivity contribution in [3.63, 3.8) is 0 Å². The zero-order valence-electron chi connectivity index (χ0n) is 11.9. The standard InChI is InChI=1S/C14H17Cl2N5/c1-19-10-7-11(15)17-13(16)12(10)18-14(19)21-6-5-20-4-2-3-9(20)8-21/h7,9H,2-6,8H2,1H3/t9-/m0/s1.